The predicted octanol–water partition coefficient (Wildman–Crippen LogP) is 2.99. The van der Waals surface area contributed by atoms with E-state index in [1.54, 1.807) is 0 Å². The first-order valence-electron chi connectivity index (χ1n) is 6.95. The summed E-state index contributed by atoms with van der Waals surface area (Å²) in [6.45, 7) is 0.926. The molecule has 5 nitrogen and oxygen atoms in total. The van der Waals surface area contributed by atoms with Crippen LogP contribution in [0, 0.1) is 0 Å². The maximum atomic E-state index is 12.4. The Kier molecular flexibility index (Phi) is 3.86. The van der Waals surface area contributed by atoms with Gasteiger partial charge in [-0.1, -0.05) is 11.2 Å². The van der Waals surface area contributed by atoms with E-state index in [2.05, 4.69) is 15.1 Å². The molecular formula is C14H15F3N4O. The molecule has 118 valence electrons. The Morgan fingerprint density at radius 1 is 1.27 bits per heavy atom. The van der Waals surface area contributed by atoms with Gasteiger partial charge in [-0.05, 0) is 31.5 Å². The summed E-state index contributed by atoms with van der Waals surface area (Å²) in [5.41, 5.74) is -0.187. The van der Waals surface area contributed by atoms with E-state index in [0.717, 1.165) is 18.9 Å². The fraction of sp³-hybridized carbons (Fsp3) is 0.500. The van der Waals surface area contributed by atoms with Crippen molar-refractivity contribution in [1.29, 1.82) is 0 Å². The lowest BCUT2D eigenvalue weighted by molar-refractivity contribution is -0.141. The van der Waals surface area contributed by atoms with Gasteiger partial charge in [0.2, 0.25) is 5.89 Å². The second-order valence-corrected chi connectivity index (χ2v) is 5.54. The Morgan fingerprint density at radius 3 is 2.64 bits per heavy atom. The Hall–Kier alpha value is -1.96. The molecule has 3 rings (SSSR count). The molecule has 0 bridgehead atoms. The molecule has 0 amide bonds. The molecule has 0 spiro atoms. The van der Waals surface area contributed by atoms with Crippen LogP contribution in [0.2, 0.25) is 0 Å². The van der Waals surface area contributed by atoms with Crippen molar-refractivity contribution in [1.82, 2.24) is 20.0 Å². The Balaban J connectivity index is 1.57. The van der Waals surface area contributed by atoms with Crippen LogP contribution >= 0.6 is 0 Å². The van der Waals surface area contributed by atoms with Crippen molar-refractivity contribution in [2.75, 3.05) is 7.05 Å². The summed E-state index contributed by atoms with van der Waals surface area (Å²) in [5, 5.41) is 3.91. The smallest absolute Gasteiger partial charge is 0.339 e. The highest BCUT2D eigenvalue weighted by Gasteiger charge is 2.32. The van der Waals surface area contributed by atoms with E-state index in [0.29, 0.717) is 36.3 Å². The van der Waals surface area contributed by atoms with Gasteiger partial charge in [0.1, 0.15) is 5.69 Å². The van der Waals surface area contributed by atoms with Crippen molar-refractivity contribution >= 4 is 0 Å². The summed E-state index contributed by atoms with van der Waals surface area (Å²) in [7, 11) is 1.84. The fourth-order valence-corrected chi connectivity index (χ4v) is 2.12. The van der Waals surface area contributed by atoms with Crippen molar-refractivity contribution in [3.63, 3.8) is 0 Å². The van der Waals surface area contributed by atoms with Crippen LogP contribution in [0.25, 0.3) is 0 Å². The van der Waals surface area contributed by atoms with E-state index < -0.39 is 11.9 Å². The van der Waals surface area contributed by atoms with Gasteiger partial charge in [-0.25, -0.2) is 0 Å². The number of halogens is 3. The second-order valence-electron chi connectivity index (χ2n) is 5.54. The third-order valence-electron chi connectivity index (χ3n) is 3.39. The number of aromatic nitrogens is 3. The molecule has 0 unspecified atom stereocenters. The van der Waals surface area contributed by atoms with E-state index >= 15 is 0 Å². The van der Waals surface area contributed by atoms with E-state index in [1.807, 2.05) is 11.9 Å². The van der Waals surface area contributed by atoms with Gasteiger partial charge >= 0.3 is 6.18 Å². The number of hydrogen-bond acceptors (Lipinski definition) is 5. The van der Waals surface area contributed by atoms with Gasteiger partial charge in [0.05, 0.1) is 6.54 Å². The van der Waals surface area contributed by atoms with E-state index in [1.165, 1.54) is 12.3 Å². The van der Waals surface area contributed by atoms with Gasteiger partial charge in [-0.2, -0.15) is 18.2 Å². The largest absolute Gasteiger partial charge is 0.433 e. The van der Waals surface area contributed by atoms with E-state index in [-0.39, 0.29) is 0 Å². The molecule has 2 aromatic heterocycles. The van der Waals surface area contributed by atoms with Crippen molar-refractivity contribution in [3.8, 4) is 0 Å². The summed E-state index contributed by atoms with van der Waals surface area (Å²) in [6, 6.07) is 2.42. The molecule has 1 saturated carbocycles. The number of pyridine rings is 1. The van der Waals surface area contributed by atoms with Gasteiger partial charge in [-0.15, -0.1) is 0 Å². The summed E-state index contributed by atoms with van der Waals surface area (Å²) < 4.78 is 42.5. The highest BCUT2D eigenvalue weighted by Crippen LogP contribution is 2.38. The summed E-state index contributed by atoms with van der Waals surface area (Å²) in [6.07, 6.45) is -0.983. The first kappa shape index (κ1) is 15.0. The van der Waals surface area contributed by atoms with Crippen LogP contribution in [0.3, 0.4) is 0 Å². The number of hydrogen-bond donors (Lipinski definition) is 0. The molecule has 0 N–H and O–H groups in total. The number of rotatable bonds is 5. The topological polar surface area (TPSA) is 55.1 Å². The molecule has 0 radical (unpaired) electrons. The van der Waals surface area contributed by atoms with Crippen LogP contribution in [0.4, 0.5) is 13.2 Å². The summed E-state index contributed by atoms with van der Waals surface area (Å²) in [4.78, 5) is 9.66. The van der Waals surface area contributed by atoms with Crippen LogP contribution in [0.15, 0.2) is 22.9 Å². The van der Waals surface area contributed by atoms with Gasteiger partial charge in [0.15, 0.2) is 5.82 Å². The molecule has 1 aliphatic carbocycles. The highest BCUT2D eigenvalue weighted by atomic mass is 19.4. The summed E-state index contributed by atoms with van der Waals surface area (Å²) >= 11 is 0. The Bertz CT molecular complexity index is 634. The van der Waals surface area contributed by atoms with Gasteiger partial charge in [0, 0.05) is 18.7 Å². The van der Waals surface area contributed by atoms with E-state index in [9.17, 15) is 13.2 Å². The zero-order chi connectivity index (χ0) is 15.7. The number of alkyl halides is 3. The summed E-state index contributed by atoms with van der Waals surface area (Å²) in [5.74, 6) is 1.68. The third kappa shape index (κ3) is 3.62. The Morgan fingerprint density at radius 2 is 2.05 bits per heavy atom. The van der Waals surface area contributed by atoms with Crippen LogP contribution in [-0.2, 0) is 19.3 Å². The molecule has 0 aliphatic heterocycles. The van der Waals surface area contributed by atoms with Gasteiger partial charge in [-0.3, -0.25) is 9.88 Å². The average molecular weight is 312 g/mol. The maximum absolute atomic E-state index is 12.4. The molecular weight excluding hydrogens is 297 g/mol. The van der Waals surface area contributed by atoms with Crippen molar-refractivity contribution in [2.24, 2.45) is 0 Å². The van der Waals surface area contributed by atoms with Crippen LogP contribution in [0.5, 0.6) is 0 Å². The minimum atomic E-state index is -4.41. The second kappa shape index (κ2) is 5.68. The quantitative estimate of drug-likeness (QED) is 0.849. The third-order valence-corrected chi connectivity index (χ3v) is 3.39. The first-order chi connectivity index (χ1) is 10.4. The van der Waals surface area contributed by atoms with E-state index in [4.69, 9.17) is 4.52 Å². The standard InChI is InChI=1S/C14H15F3N4O/c1-21(8-12-19-13(22-20-12)10-3-4-10)7-9-2-5-11(18-6-9)14(15,16)17/h2,5-6,10H,3-4,7-8H2,1H3. The predicted molar refractivity (Wildman–Crippen MR) is 70.7 cm³/mol. The molecule has 1 aliphatic rings. The Labute approximate surface area is 125 Å². The SMILES string of the molecule is CN(Cc1ccc(C(F)(F)F)nc1)Cc1noc(C2CC2)n1. The lowest BCUT2D eigenvalue weighted by atomic mass is 10.2. The molecule has 8 heteroatoms. The van der Waals surface area contributed by atoms with Gasteiger partial charge < -0.3 is 4.52 Å². The molecule has 0 aromatic carbocycles. The van der Waals surface area contributed by atoms with Crippen LogP contribution in [-0.4, -0.2) is 27.1 Å². The molecule has 22 heavy (non-hydrogen) atoms. The first-order valence-corrected chi connectivity index (χ1v) is 6.95. The normalized spacial score (nSPS) is 15.5. The average Bonchev–Trinajstić information content (AvgIpc) is 3.19. The molecule has 2 heterocycles. The molecule has 2 aromatic rings. The lowest BCUT2D eigenvalue weighted by Gasteiger charge is -2.14. The van der Waals surface area contributed by atoms with Gasteiger partial charge in [0.25, 0.3) is 0 Å². The zero-order valence-corrected chi connectivity index (χ0v) is 12.0. The van der Waals surface area contributed by atoms with Crippen molar-refractivity contribution < 1.29 is 17.7 Å². The molecule has 0 saturated heterocycles. The monoisotopic (exact) mass is 312 g/mol. The molecule has 0 atom stereocenters. The van der Waals surface area contributed by atoms with Crippen LogP contribution in [0.1, 0.15) is 41.7 Å². The highest BCUT2D eigenvalue weighted by molar-refractivity contribution is 5.16. The van der Waals surface area contributed by atoms with Crippen molar-refractivity contribution in [2.45, 2.75) is 38.0 Å². The maximum Gasteiger partial charge on any atom is 0.433 e. The zero-order valence-electron chi connectivity index (χ0n) is 12.0. The minimum absolute atomic E-state index is 0.408. The number of nitrogens with zero attached hydrogens (tertiary/aromatic N) is 4. The lowest BCUT2D eigenvalue weighted by Crippen LogP contribution is -2.18. The molecule has 1 fully saturated rings. The van der Waals surface area contributed by atoms with Crippen molar-refractivity contribution in [3.05, 3.63) is 41.3 Å². The van der Waals surface area contributed by atoms with Crippen LogP contribution < -0.4 is 0 Å². The minimum Gasteiger partial charge on any atom is -0.339 e. The fourth-order valence-electron chi connectivity index (χ4n) is 2.12.